The largest absolute Gasteiger partial charge is 0.481 e. The van der Waals surface area contributed by atoms with Crippen molar-refractivity contribution < 1.29 is 9.15 Å². The van der Waals surface area contributed by atoms with Gasteiger partial charge in [-0.15, -0.1) is 0 Å². The Bertz CT molecular complexity index is 485. The number of ether oxygens (including phenoxy) is 1. The Balaban J connectivity index is 2.10. The van der Waals surface area contributed by atoms with E-state index in [2.05, 4.69) is 22.2 Å². The molecule has 0 aliphatic heterocycles. The zero-order valence-corrected chi connectivity index (χ0v) is 11.3. The molecule has 5 nitrogen and oxygen atoms in total. The van der Waals surface area contributed by atoms with Crippen molar-refractivity contribution in [2.75, 3.05) is 13.7 Å². The van der Waals surface area contributed by atoms with E-state index in [0.29, 0.717) is 5.88 Å². The third kappa shape index (κ3) is 3.79. The van der Waals surface area contributed by atoms with Gasteiger partial charge in [-0.1, -0.05) is 6.92 Å². The molecule has 0 saturated heterocycles. The molecule has 19 heavy (non-hydrogen) atoms. The minimum absolute atomic E-state index is 0.120. The second kappa shape index (κ2) is 6.89. The van der Waals surface area contributed by atoms with Crippen LogP contribution in [0.25, 0.3) is 0 Å². The lowest BCUT2D eigenvalue weighted by atomic mass is 10.1. The summed E-state index contributed by atoms with van der Waals surface area (Å²) in [5.41, 5.74) is 0.928. The predicted molar refractivity (Wildman–Crippen MR) is 72.0 cm³/mol. The fraction of sp³-hybridized carbons (Fsp3) is 0.429. The van der Waals surface area contributed by atoms with Crippen molar-refractivity contribution in [1.82, 2.24) is 15.3 Å². The van der Waals surface area contributed by atoms with Gasteiger partial charge in [0.15, 0.2) is 0 Å². The summed E-state index contributed by atoms with van der Waals surface area (Å²) in [6.07, 6.45) is 5.03. The van der Waals surface area contributed by atoms with E-state index in [4.69, 9.17) is 9.15 Å². The molecule has 0 bridgehead atoms. The molecular formula is C14H19N3O2. The normalized spacial score (nSPS) is 12.3. The first-order chi connectivity index (χ1) is 9.33. The van der Waals surface area contributed by atoms with Crippen LogP contribution in [-0.2, 0) is 6.42 Å². The quantitative estimate of drug-likeness (QED) is 0.829. The number of hydrogen-bond donors (Lipinski definition) is 1. The zero-order valence-electron chi connectivity index (χ0n) is 11.3. The molecule has 0 amide bonds. The fourth-order valence-corrected chi connectivity index (χ4v) is 1.89. The van der Waals surface area contributed by atoms with Gasteiger partial charge in [0.25, 0.3) is 0 Å². The number of furan rings is 1. The summed E-state index contributed by atoms with van der Waals surface area (Å²) < 4.78 is 10.6. The Hall–Kier alpha value is -1.88. The average Bonchev–Trinajstić information content (AvgIpc) is 2.97. The number of aromatic nitrogens is 2. The first-order valence-electron chi connectivity index (χ1n) is 6.45. The molecule has 0 aliphatic rings. The summed E-state index contributed by atoms with van der Waals surface area (Å²) in [6, 6.07) is 5.85. The van der Waals surface area contributed by atoms with Crippen LogP contribution in [0.4, 0.5) is 0 Å². The summed E-state index contributed by atoms with van der Waals surface area (Å²) in [6.45, 7) is 3.08. The van der Waals surface area contributed by atoms with Crippen LogP contribution in [0.5, 0.6) is 5.88 Å². The van der Waals surface area contributed by atoms with Gasteiger partial charge in [0.1, 0.15) is 12.1 Å². The lowest BCUT2D eigenvalue weighted by Crippen LogP contribution is -2.24. The first kappa shape index (κ1) is 13.5. The van der Waals surface area contributed by atoms with E-state index in [1.54, 1.807) is 13.4 Å². The van der Waals surface area contributed by atoms with Crippen LogP contribution in [-0.4, -0.2) is 23.6 Å². The van der Waals surface area contributed by atoms with Gasteiger partial charge in [-0.2, -0.15) is 0 Å². The maximum atomic E-state index is 5.48. The van der Waals surface area contributed by atoms with Gasteiger partial charge in [-0.05, 0) is 25.1 Å². The Labute approximate surface area is 113 Å². The SMILES string of the molecule is CCCNC(Cc1cc(OC)ncn1)c1ccco1. The van der Waals surface area contributed by atoms with Gasteiger partial charge in [0.2, 0.25) is 5.88 Å². The van der Waals surface area contributed by atoms with Crippen molar-refractivity contribution in [3.05, 3.63) is 42.2 Å². The van der Waals surface area contributed by atoms with E-state index in [1.807, 2.05) is 18.2 Å². The number of nitrogens with zero attached hydrogens (tertiary/aromatic N) is 2. The molecule has 2 rings (SSSR count). The summed E-state index contributed by atoms with van der Waals surface area (Å²) in [7, 11) is 1.60. The lowest BCUT2D eigenvalue weighted by Gasteiger charge is -2.15. The van der Waals surface area contributed by atoms with E-state index in [-0.39, 0.29) is 6.04 Å². The third-order valence-electron chi connectivity index (χ3n) is 2.85. The van der Waals surface area contributed by atoms with Gasteiger partial charge >= 0.3 is 0 Å². The van der Waals surface area contributed by atoms with Crippen LogP contribution in [0.3, 0.4) is 0 Å². The molecule has 1 atom stereocenters. The highest BCUT2D eigenvalue weighted by Crippen LogP contribution is 2.19. The Morgan fingerprint density at radius 1 is 1.42 bits per heavy atom. The highest BCUT2D eigenvalue weighted by atomic mass is 16.5. The van der Waals surface area contributed by atoms with Gasteiger partial charge in [0.05, 0.1) is 19.4 Å². The number of methoxy groups -OCH3 is 1. The monoisotopic (exact) mass is 261 g/mol. The topological polar surface area (TPSA) is 60.2 Å². The van der Waals surface area contributed by atoms with Crippen molar-refractivity contribution in [1.29, 1.82) is 0 Å². The van der Waals surface area contributed by atoms with Crippen LogP contribution in [0.15, 0.2) is 35.2 Å². The van der Waals surface area contributed by atoms with Crippen LogP contribution in [0.1, 0.15) is 30.8 Å². The highest BCUT2D eigenvalue weighted by molar-refractivity contribution is 5.16. The van der Waals surface area contributed by atoms with Crippen molar-refractivity contribution in [2.24, 2.45) is 0 Å². The van der Waals surface area contributed by atoms with Gasteiger partial charge in [0, 0.05) is 18.2 Å². The second-order valence-corrected chi connectivity index (χ2v) is 4.28. The van der Waals surface area contributed by atoms with Crippen LogP contribution in [0.2, 0.25) is 0 Å². The molecular weight excluding hydrogens is 242 g/mol. The molecule has 2 heterocycles. The van der Waals surface area contributed by atoms with E-state index >= 15 is 0 Å². The average molecular weight is 261 g/mol. The summed E-state index contributed by atoms with van der Waals surface area (Å²) in [5, 5.41) is 3.46. The smallest absolute Gasteiger partial charge is 0.216 e. The third-order valence-corrected chi connectivity index (χ3v) is 2.85. The Kier molecular flexibility index (Phi) is 4.92. The van der Waals surface area contributed by atoms with E-state index in [9.17, 15) is 0 Å². The standard InChI is InChI=1S/C14H19N3O2/c1-3-6-15-12(13-5-4-7-19-13)8-11-9-14(18-2)17-10-16-11/h4-5,7,9-10,12,15H,3,6,8H2,1-2H3. The van der Waals surface area contributed by atoms with Crippen molar-refractivity contribution >= 4 is 0 Å². The van der Waals surface area contributed by atoms with Crippen LogP contribution in [0, 0.1) is 0 Å². The summed E-state index contributed by atoms with van der Waals surface area (Å²) in [5.74, 6) is 1.50. The maximum Gasteiger partial charge on any atom is 0.216 e. The fourth-order valence-electron chi connectivity index (χ4n) is 1.89. The van der Waals surface area contributed by atoms with Gasteiger partial charge in [-0.3, -0.25) is 0 Å². The molecule has 0 saturated carbocycles. The molecule has 1 N–H and O–H groups in total. The molecule has 102 valence electrons. The minimum atomic E-state index is 0.120. The molecule has 0 spiro atoms. The number of hydrogen-bond acceptors (Lipinski definition) is 5. The second-order valence-electron chi connectivity index (χ2n) is 4.28. The van der Waals surface area contributed by atoms with E-state index < -0.39 is 0 Å². The summed E-state index contributed by atoms with van der Waals surface area (Å²) >= 11 is 0. The molecule has 5 heteroatoms. The van der Waals surface area contributed by atoms with Crippen molar-refractivity contribution in [2.45, 2.75) is 25.8 Å². The molecule has 0 fully saturated rings. The number of nitrogens with one attached hydrogen (secondary N) is 1. The first-order valence-corrected chi connectivity index (χ1v) is 6.45. The Morgan fingerprint density at radius 2 is 2.32 bits per heavy atom. The van der Waals surface area contributed by atoms with Gasteiger partial charge < -0.3 is 14.5 Å². The predicted octanol–water partition coefficient (Wildman–Crippen LogP) is 2.36. The van der Waals surface area contributed by atoms with E-state index in [0.717, 1.165) is 30.8 Å². The highest BCUT2D eigenvalue weighted by Gasteiger charge is 2.15. The minimum Gasteiger partial charge on any atom is -0.481 e. The molecule has 0 aromatic carbocycles. The molecule has 0 radical (unpaired) electrons. The van der Waals surface area contributed by atoms with Crippen LogP contribution >= 0.6 is 0 Å². The molecule has 2 aromatic heterocycles. The molecule has 0 aliphatic carbocycles. The van der Waals surface area contributed by atoms with Crippen LogP contribution < -0.4 is 10.1 Å². The lowest BCUT2D eigenvalue weighted by molar-refractivity contribution is 0.391. The molecule has 2 aromatic rings. The summed E-state index contributed by atoms with van der Waals surface area (Å²) in [4.78, 5) is 8.29. The number of rotatable bonds is 7. The maximum absolute atomic E-state index is 5.48. The van der Waals surface area contributed by atoms with Gasteiger partial charge in [-0.25, -0.2) is 9.97 Å². The van der Waals surface area contributed by atoms with Crippen molar-refractivity contribution in [3.63, 3.8) is 0 Å². The van der Waals surface area contributed by atoms with Crippen molar-refractivity contribution in [3.8, 4) is 5.88 Å². The van der Waals surface area contributed by atoms with E-state index in [1.165, 1.54) is 6.33 Å². The zero-order chi connectivity index (χ0) is 13.5. The molecule has 1 unspecified atom stereocenters. The Morgan fingerprint density at radius 3 is 3.00 bits per heavy atom.